The first-order chi connectivity index (χ1) is 21.3. The summed E-state index contributed by atoms with van der Waals surface area (Å²) < 4.78 is 13.1. The van der Waals surface area contributed by atoms with Crippen LogP contribution in [0.15, 0.2) is 91.0 Å². The molecular weight excluding hydrogens is 598 g/mol. The Labute approximate surface area is 266 Å². The molecule has 1 N–H and O–H groups in total. The fourth-order valence-electron chi connectivity index (χ4n) is 5.58. The summed E-state index contributed by atoms with van der Waals surface area (Å²) in [7, 11) is 0. The van der Waals surface area contributed by atoms with Gasteiger partial charge in [-0.2, -0.15) is 0 Å². The van der Waals surface area contributed by atoms with Gasteiger partial charge in [-0.3, -0.25) is 24.3 Å². The molecule has 4 aromatic carbocycles. The Hall–Kier alpha value is -4.01. The van der Waals surface area contributed by atoms with Crippen molar-refractivity contribution in [2.45, 2.75) is 13.1 Å². The number of carbonyl (C=O) groups excluding carboxylic acids is 2. The lowest BCUT2D eigenvalue weighted by Gasteiger charge is -2.36. The van der Waals surface area contributed by atoms with Gasteiger partial charge < -0.3 is 5.32 Å². The number of benzene rings is 4. The van der Waals surface area contributed by atoms with Gasteiger partial charge in [0.2, 0.25) is 0 Å². The fraction of sp³-hybridized carbons (Fsp3) is 0.200. The summed E-state index contributed by atoms with van der Waals surface area (Å²) in [4.78, 5) is 33.0. The molecule has 6 rings (SSSR count). The third-order valence-electron chi connectivity index (χ3n) is 7.97. The van der Waals surface area contributed by atoms with E-state index in [-0.39, 0.29) is 17.6 Å². The molecule has 4 aromatic rings. The Kier molecular flexibility index (Phi) is 9.09. The van der Waals surface area contributed by atoms with E-state index in [0.29, 0.717) is 29.4 Å². The molecular formula is C35H31Cl2FN4O2. The highest BCUT2D eigenvalue weighted by atomic mass is 35.5. The van der Waals surface area contributed by atoms with Gasteiger partial charge in [-0.25, -0.2) is 4.39 Å². The number of nitrogens with zero attached hydrogens (tertiary/aromatic N) is 3. The average Bonchev–Trinajstić information content (AvgIpc) is 3.27. The first-order valence-corrected chi connectivity index (χ1v) is 15.2. The van der Waals surface area contributed by atoms with Gasteiger partial charge in [0.1, 0.15) is 5.82 Å². The number of piperazine rings is 1. The zero-order chi connectivity index (χ0) is 30.6. The molecule has 0 unspecified atom stereocenters. The van der Waals surface area contributed by atoms with Gasteiger partial charge in [0, 0.05) is 66.0 Å². The number of rotatable bonds is 8. The van der Waals surface area contributed by atoms with Crippen molar-refractivity contribution in [3.8, 4) is 0 Å². The monoisotopic (exact) mass is 628 g/mol. The van der Waals surface area contributed by atoms with Gasteiger partial charge in [-0.05, 0) is 77.4 Å². The maximum atomic E-state index is 13.8. The van der Waals surface area contributed by atoms with Gasteiger partial charge in [0.25, 0.3) is 11.8 Å². The highest BCUT2D eigenvalue weighted by Crippen LogP contribution is 2.39. The summed E-state index contributed by atoms with van der Waals surface area (Å²) in [5.41, 5.74) is 5.49. The molecule has 2 amide bonds. The second-order valence-corrected chi connectivity index (χ2v) is 11.9. The predicted octanol–water partition coefficient (Wildman–Crippen LogP) is 6.73. The Balaban J connectivity index is 1.11. The van der Waals surface area contributed by atoms with Crippen LogP contribution in [0.2, 0.25) is 10.0 Å². The molecule has 0 atom stereocenters. The molecule has 44 heavy (non-hydrogen) atoms. The van der Waals surface area contributed by atoms with Crippen LogP contribution >= 0.6 is 23.2 Å². The van der Waals surface area contributed by atoms with E-state index in [1.165, 1.54) is 17.7 Å². The summed E-state index contributed by atoms with van der Waals surface area (Å²) >= 11 is 12.5. The molecule has 1 saturated heterocycles. The van der Waals surface area contributed by atoms with Gasteiger partial charge >= 0.3 is 0 Å². The number of amides is 2. The van der Waals surface area contributed by atoms with Gasteiger partial charge in [0.05, 0.1) is 12.4 Å². The van der Waals surface area contributed by atoms with Crippen LogP contribution < -0.4 is 10.2 Å². The van der Waals surface area contributed by atoms with Crippen molar-refractivity contribution in [3.05, 3.63) is 135 Å². The van der Waals surface area contributed by atoms with Gasteiger partial charge in [0.15, 0.2) is 0 Å². The molecule has 2 heterocycles. The molecule has 9 heteroatoms. The van der Waals surface area contributed by atoms with Gasteiger partial charge in [-0.15, -0.1) is 0 Å². The van der Waals surface area contributed by atoms with Gasteiger partial charge in [-0.1, -0.05) is 59.6 Å². The highest BCUT2D eigenvalue weighted by Gasteiger charge is 2.34. The van der Waals surface area contributed by atoms with Crippen molar-refractivity contribution in [1.82, 2.24) is 15.1 Å². The maximum Gasteiger partial charge on any atom is 0.260 e. The number of hydrogen-bond acceptors (Lipinski definition) is 4. The minimum atomic E-state index is -0.317. The maximum absolute atomic E-state index is 13.8. The molecule has 2 aliphatic heterocycles. The standard InChI is InChI=1S/C35H31Cl2FN4O2/c36-28-3-1-2-26(18-28)22-40-14-16-41(17-15-40)23-42-33-13-10-29(37)20-31(33)32(35(42)44)19-24-4-8-27(9-5-24)34(43)39-21-25-6-11-30(38)12-7-25/h1-13,18-20H,14-17,21-23H2,(H,39,43)/b32-19-. The first kappa shape index (κ1) is 30.0. The number of anilines is 1. The van der Waals surface area contributed by atoms with E-state index in [4.69, 9.17) is 23.2 Å². The Morgan fingerprint density at radius 2 is 1.52 bits per heavy atom. The van der Waals surface area contributed by atoms with Crippen LogP contribution in [0.1, 0.15) is 32.6 Å². The number of hydrogen-bond donors (Lipinski definition) is 1. The molecule has 0 spiro atoms. The lowest BCUT2D eigenvalue weighted by molar-refractivity contribution is -0.113. The normalized spacial score (nSPS) is 16.4. The second-order valence-electron chi connectivity index (χ2n) is 11.0. The predicted molar refractivity (Wildman–Crippen MR) is 174 cm³/mol. The fourth-order valence-corrected chi connectivity index (χ4v) is 5.96. The first-order valence-electron chi connectivity index (χ1n) is 14.5. The summed E-state index contributed by atoms with van der Waals surface area (Å²) in [6, 6.07) is 26.6. The lowest BCUT2D eigenvalue weighted by atomic mass is 10.0. The molecule has 0 aliphatic carbocycles. The van der Waals surface area contributed by atoms with E-state index in [1.54, 1.807) is 24.3 Å². The smallest absolute Gasteiger partial charge is 0.260 e. The SMILES string of the molecule is O=C(NCc1ccc(F)cc1)c1ccc(/C=C2\C(=O)N(CN3CCN(Cc4cccc(Cl)c4)CC3)c3ccc(Cl)cc32)cc1. The highest BCUT2D eigenvalue weighted by molar-refractivity contribution is 6.37. The van der Waals surface area contributed by atoms with Crippen LogP contribution in [0.3, 0.4) is 0 Å². The summed E-state index contributed by atoms with van der Waals surface area (Å²) in [6.07, 6.45) is 1.85. The molecule has 0 saturated carbocycles. The summed E-state index contributed by atoms with van der Waals surface area (Å²) in [6.45, 7) is 5.11. The van der Waals surface area contributed by atoms with E-state index in [2.05, 4.69) is 21.2 Å². The number of halogens is 3. The van der Waals surface area contributed by atoms with Crippen molar-refractivity contribution in [1.29, 1.82) is 0 Å². The van der Waals surface area contributed by atoms with E-state index in [0.717, 1.165) is 60.1 Å². The van der Waals surface area contributed by atoms with E-state index < -0.39 is 0 Å². The minimum Gasteiger partial charge on any atom is -0.348 e. The largest absolute Gasteiger partial charge is 0.348 e. The van der Waals surface area contributed by atoms with Crippen LogP contribution in [-0.4, -0.2) is 54.5 Å². The molecule has 0 radical (unpaired) electrons. The third kappa shape index (κ3) is 7.03. The van der Waals surface area contributed by atoms with Crippen LogP contribution in [0.25, 0.3) is 11.6 Å². The second kappa shape index (κ2) is 13.3. The molecule has 0 aromatic heterocycles. The van der Waals surface area contributed by atoms with Crippen LogP contribution in [0.5, 0.6) is 0 Å². The lowest BCUT2D eigenvalue weighted by Crippen LogP contribution is -2.50. The van der Waals surface area contributed by atoms with E-state index >= 15 is 0 Å². The van der Waals surface area contributed by atoms with E-state index in [9.17, 15) is 14.0 Å². The van der Waals surface area contributed by atoms with Crippen molar-refractivity contribution in [2.24, 2.45) is 0 Å². The zero-order valence-corrected chi connectivity index (χ0v) is 25.5. The Morgan fingerprint density at radius 3 is 2.25 bits per heavy atom. The molecule has 6 nitrogen and oxygen atoms in total. The molecule has 0 bridgehead atoms. The van der Waals surface area contributed by atoms with Crippen molar-refractivity contribution in [2.75, 3.05) is 37.7 Å². The zero-order valence-electron chi connectivity index (χ0n) is 24.0. The Bertz CT molecular complexity index is 1700. The average molecular weight is 630 g/mol. The van der Waals surface area contributed by atoms with Crippen LogP contribution in [0.4, 0.5) is 10.1 Å². The summed E-state index contributed by atoms with van der Waals surface area (Å²) in [5, 5.41) is 4.16. The van der Waals surface area contributed by atoms with E-state index in [1.807, 2.05) is 59.5 Å². The molecule has 2 aliphatic rings. The minimum absolute atomic E-state index is 0.0789. The quantitative estimate of drug-likeness (QED) is 0.220. The van der Waals surface area contributed by atoms with Crippen molar-refractivity contribution >= 4 is 52.4 Å². The summed E-state index contributed by atoms with van der Waals surface area (Å²) in [5.74, 6) is -0.631. The number of nitrogens with one attached hydrogen (secondary N) is 1. The molecule has 224 valence electrons. The number of fused-ring (bicyclic) bond motifs is 1. The Morgan fingerprint density at radius 1 is 0.818 bits per heavy atom. The van der Waals surface area contributed by atoms with Crippen LogP contribution in [0, 0.1) is 5.82 Å². The third-order valence-corrected chi connectivity index (χ3v) is 8.44. The van der Waals surface area contributed by atoms with Crippen molar-refractivity contribution < 1.29 is 14.0 Å². The van der Waals surface area contributed by atoms with Crippen molar-refractivity contribution in [3.63, 3.8) is 0 Å². The topological polar surface area (TPSA) is 55.9 Å². The number of carbonyl (C=O) groups is 2. The molecule has 1 fully saturated rings. The van der Waals surface area contributed by atoms with Crippen LogP contribution in [-0.2, 0) is 17.9 Å².